The molecule has 0 aromatic heterocycles. The van der Waals surface area contributed by atoms with Crippen LogP contribution < -0.4 is 10.5 Å². The van der Waals surface area contributed by atoms with E-state index in [1.54, 1.807) is 6.92 Å². The van der Waals surface area contributed by atoms with E-state index in [0.717, 1.165) is 6.07 Å². The highest BCUT2D eigenvalue weighted by molar-refractivity contribution is 7.89. The average Bonchev–Trinajstić information content (AvgIpc) is 2.34. The predicted molar refractivity (Wildman–Crippen MR) is 69.3 cm³/mol. The van der Waals surface area contributed by atoms with Crippen molar-refractivity contribution in [1.82, 2.24) is 0 Å². The number of nitrogens with one attached hydrogen (secondary N) is 1. The van der Waals surface area contributed by atoms with Gasteiger partial charge in [-0.25, -0.2) is 13.6 Å². The zero-order valence-corrected chi connectivity index (χ0v) is 11.1. The Labute approximate surface area is 110 Å². The average molecular weight is 289 g/mol. The number of non-ortho nitro benzene ring substituents is 1. The van der Waals surface area contributed by atoms with Crippen molar-refractivity contribution in [3.8, 4) is 0 Å². The number of sulfonamides is 1. The molecule has 106 valence electrons. The molecule has 0 radical (unpaired) electrons. The Morgan fingerprint density at radius 1 is 1.53 bits per heavy atom. The van der Waals surface area contributed by atoms with Crippen molar-refractivity contribution in [2.24, 2.45) is 5.14 Å². The van der Waals surface area contributed by atoms with Gasteiger partial charge in [-0.2, -0.15) is 0 Å². The van der Waals surface area contributed by atoms with E-state index in [4.69, 9.17) is 10.2 Å². The molecule has 0 aliphatic carbocycles. The van der Waals surface area contributed by atoms with Crippen LogP contribution in [0.1, 0.15) is 13.3 Å². The summed E-state index contributed by atoms with van der Waals surface area (Å²) < 4.78 is 22.9. The van der Waals surface area contributed by atoms with Crippen LogP contribution in [0.4, 0.5) is 11.4 Å². The third-order valence-electron chi connectivity index (χ3n) is 2.56. The molecule has 0 saturated heterocycles. The number of primary sulfonamides is 1. The molecule has 0 fully saturated rings. The molecule has 0 aliphatic rings. The second kappa shape index (κ2) is 5.95. The summed E-state index contributed by atoms with van der Waals surface area (Å²) in [5.41, 5.74) is -0.236. The highest BCUT2D eigenvalue weighted by Gasteiger charge is 2.20. The molecule has 0 unspecified atom stereocenters. The Hall–Kier alpha value is -1.71. The van der Waals surface area contributed by atoms with Crippen LogP contribution in [0.3, 0.4) is 0 Å². The fourth-order valence-corrected chi connectivity index (χ4v) is 2.19. The van der Waals surface area contributed by atoms with Gasteiger partial charge in [0.1, 0.15) is 4.90 Å². The highest BCUT2D eigenvalue weighted by atomic mass is 32.2. The molecule has 9 heteroatoms. The van der Waals surface area contributed by atoms with Gasteiger partial charge >= 0.3 is 0 Å². The van der Waals surface area contributed by atoms with Crippen LogP contribution in [0.15, 0.2) is 23.1 Å². The molecule has 1 aromatic rings. The molecule has 19 heavy (non-hydrogen) atoms. The summed E-state index contributed by atoms with van der Waals surface area (Å²) in [7, 11) is -4.10. The van der Waals surface area contributed by atoms with Crippen LogP contribution in [0.2, 0.25) is 0 Å². The van der Waals surface area contributed by atoms with E-state index >= 15 is 0 Å². The van der Waals surface area contributed by atoms with Crippen molar-refractivity contribution < 1.29 is 18.4 Å². The van der Waals surface area contributed by atoms with Crippen molar-refractivity contribution in [2.45, 2.75) is 24.3 Å². The lowest BCUT2D eigenvalue weighted by atomic mass is 10.2. The third-order valence-corrected chi connectivity index (χ3v) is 3.51. The first-order valence-electron chi connectivity index (χ1n) is 5.48. The van der Waals surface area contributed by atoms with Crippen molar-refractivity contribution in [3.63, 3.8) is 0 Å². The molecule has 0 saturated carbocycles. The lowest BCUT2D eigenvalue weighted by Crippen LogP contribution is -2.25. The van der Waals surface area contributed by atoms with E-state index in [2.05, 4.69) is 5.32 Å². The predicted octanol–water partition coefficient (Wildman–Crippen LogP) is 0.425. The summed E-state index contributed by atoms with van der Waals surface area (Å²) in [6, 6.07) is 2.96. The Bertz CT molecular complexity index is 569. The normalized spacial score (nSPS) is 13.0. The summed E-state index contributed by atoms with van der Waals surface area (Å²) in [5, 5.41) is 27.5. The summed E-state index contributed by atoms with van der Waals surface area (Å²) in [5.74, 6) is 0. The molecule has 1 rings (SSSR count). The van der Waals surface area contributed by atoms with Gasteiger partial charge in [-0.05, 0) is 12.5 Å². The van der Waals surface area contributed by atoms with E-state index in [1.807, 2.05) is 0 Å². The first-order chi connectivity index (χ1) is 8.79. The molecule has 0 amide bonds. The highest BCUT2D eigenvalue weighted by Crippen LogP contribution is 2.26. The number of nitro benzene ring substituents is 1. The number of nitro groups is 1. The quantitative estimate of drug-likeness (QED) is 0.513. The number of rotatable bonds is 6. The minimum Gasteiger partial charge on any atom is -0.394 e. The number of anilines is 1. The van der Waals surface area contributed by atoms with Gasteiger partial charge in [0.25, 0.3) is 5.69 Å². The number of benzene rings is 1. The molecule has 0 spiro atoms. The topological polar surface area (TPSA) is 136 Å². The molecule has 0 bridgehead atoms. The number of aliphatic hydroxyl groups excluding tert-OH is 1. The van der Waals surface area contributed by atoms with Gasteiger partial charge in [-0.15, -0.1) is 0 Å². The van der Waals surface area contributed by atoms with Gasteiger partial charge in [0.2, 0.25) is 10.0 Å². The minimum atomic E-state index is -4.10. The van der Waals surface area contributed by atoms with E-state index in [-0.39, 0.29) is 28.9 Å². The van der Waals surface area contributed by atoms with Gasteiger partial charge in [-0.3, -0.25) is 10.1 Å². The number of aliphatic hydroxyl groups is 1. The largest absolute Gasteiger partial charge is 0.394 e. The smallest absolute Gasteiger partial charge is 0.270 e. The van der Waals surface area contributed by atoms with Gasteiger partial charge in [0.15, 0.2) is 0 Å². The van der Waals surface area contributed by atoms with Gasteiger partial charge in [-0.1, -0.05) is 6.92 Å². The van der Waals surface area contributed by atoms with E-state index < -0.39 is 14.9 Å². The zero-order valence-electron chi connectivity index (χ0n) is 10.2. The van der Waals surface area contributed by atoms with Gasteiger partial charge < -0.3 is 10.4 Å². The summed E-state index contributed by atoms with van der Waals surface area (Å²) in [4.78, 5) is 9.56. The van der Waals surface area contributed by atoms with Crippen molar-refractivity contribution in [1.29, 1.82) is 0 Å². The standard InChI is InChI=1S/C10H15N3O5S/c1-2-7(6-14)12-9-4-3-8(13(15)16)5-10(9)19(11,17)18/h3-5,7,12,14H,2,6H2,1H3,(H2,11,17,18)/t7-/m1/s1. The maximum Gasteiger partial charge on any atom is 0.270 e. The second-order valence-corrected chi connectivity index (χ2v) is 5.44. The Morgan fingerprint density at radius 2 is 2.16 bits per heavy atom. The second-order valence-electron chi connectivity index (χ2n) is 3.91. The maximum absolute atomic E-state index is 11.4. The molecular formula is C10H15N3O5S. The molecule has 1 aromatic carbocycles. The fourth-order valence-electron chi connectivity index (χ4n) is 1.48. The lowest BCUT2D eigenvalue weighted by molar-refractivity contribution is -0.385. The molecule has 1 atom stereocenters. The van der Waals surface area contributed by atoms with E-state index in [1.165, 1.54) is 12.1 Å². The molecule has 4 N–H and O–H groups in total. The Morgan fingerprint density at radius 3 is 2.58 bits per heavy atom. The monoisotopic (exact) mass is 289 g/mol. The van der Waals surface area contributed by atoms with Crippen LogP contribution in [-0.2, 0) is 10.0 Å². The van der Waals surface area contributed by atoms with Crippen LogP contribution in [0, 0.1) is 10.1 Å². The third kappa shape index (κ3) is 3.88. The molecule has 0 heterocycles. The number of nitrogens with zero attached hydrogens (tertiary/aromatic N) is 1. The van der Waals surface area contributed by atoms with Crippen LogP contribution in [0.25, 0.3) is 0 Å². The first-order valence-corrected chi connectivity index (χ1v) is 7.02. The molecule has 0 aliphatic heterocycles. The summed E-state index contributed by atoms with van der Waals surface area (Å²) >= 11 is 0. The van der Waals surface area contributed by atoms with Crippen molar-refractivity contribution in [3.05, 3.63) is 28.3 Å². The first kappa shape index (κ1) is 15.3. The van der Waals surface area contributed by atoms with Crippen molar-refractivity contribution in [2.75, 3.05) is 11.9 Å². The van der Waals surface area contributed by atoms with Gasteiger partial charge in [0, 0.05) is 18.2 Å². The van der Waals surface area contributed by atoms with Crippen LogP contribution in [0.5, 0.6) is 0 Å². The Balaban J connectivity index is 3.28. The summed E-state index contributed by atoms with van der Waals surface area (Å²) in [6.45, 7) is 1.60. The molecular weight excluding hydrogens is 274 g/mol. The van der Waals surface area contributed by atoms with Crippen LogP contribution >= 0.6 is 0 Å². The number of nitrogens with two attached hydrogens (primary N) is 1. The summed E-state index contributed by atoms with van der Waals surface area (Å²) in [6.07, 6.45) is 0.553. The van der Waals surface area contributed by atoms with Crippen LogP contribution in [-0.4, -0.2) is 31.1 Å². The van der Waals surface area contributed by atoms with E-state index in [9.17, 15) is 18.5 Å². The lowest BCUT2D eigenvalue weighted by Gasteiger charge is -2.17. The molecule has 8 nitrogen and oxygen atoms in total. The van der Waals surface area contributed by atoms with Gasteiger partial charge in [0.05, 0.1) is 17.2 Å². The minimum absolute atomic E-state index is 0.133. The maximum atomic E-state index is 11.4. The Kier molecular flexibility index (Phi) is 4.81. The van der Waals surface area contributed by atoms with E-state index in [0.29, 0.717) is 6.42 Å². The SMILES string of the molecule is CC[C@H](CO)Nc1ccc([N+](=O)[O-])cc1S(N)(=O)=O. The van der Waals surface area contributed by atoms with Crippen molar-refractivity contribution >= 4 is 21.4 Å². The number of hydrogen-bond donors (Lipinski definition) is 3. The zero-order chi connectivity index (χ0) is 14.6. The number of hydrogen-bond acceptors (Lipinski definition) is 6. The fraction of sp³-hybridized carbons (Fsp3) is 0.400.